The largest absolute Gasteiger partial charge is 0.394 e. The van der Waals surface area contributed by atoms with Crippen LogP contribution in [0.3, 0.4) is 0 Å². The van der Waals surface area contributed by atoms with Gasteiger partial charge in [0.25, 0.3) is 0 Å². The van der Waals surface area contributed by atoms with Crippen molar-refractivity contribution in [3.63, 3.8) is 0 Å². The average Bonchev–Trinajstić information content (AvgIpc) is 2.54. The fraction of sp³-hybridized carbons (Fsp3) is 1.00. The number of methoxy groups -OCH3 is 1. The molecule has 0 amide bonds. The van der Waals surface area contributed by atoms with Gasteiger partial charge in [-0.1, -0.05) is 0 Å². The molecule has 10 nitrogen and oxygen atoms in total. The quantitative estimate of drug-likeness (QED) is 0.300. The maximum Gasteiger partial charge on any atom is 0.187 e. The maximum atomic E-state index is 10.1. The molecule has 0 radical (unpaired) electrons. The van der Waals surface area contributed by atoms with E-state index in [-0.39, 0.29) is 0 Å². The highest BCUT2D eigenvalue weighted by molar-refractivity contribution is 4.93. The van der Waals surface area contributed by atoms with Crippen molar-refractivity contribution in [2.45, 2.75) is 68.3 Å². The predicted octanol–water partition coefficient (Wildman–Crippen LogP) is -3.72. The molecule has 2 saturated heterocycles. The molecule has 0 aromatic heterocycles. The fourth-order valence-electron chi connectivity index (χ4n) is 2.69. The predicted molar refractivity (Wildman–Crippen MR) is 72.0 cm³/mol. The summed E-state index contributed by atoms with van der Waals surface area (Å²) >= 11 is 0. The van der Waals surface area contributed by atoms with Crippen LogP contribution < -0.4 is 0 Å². The van der Waals surface area contributed by atoms with Crippen LogP contribution in [0.2, 0.25) is 0 Å². The topological polar surface area (TPSA) is 158 Å². The number of aliphatic hydroxyl groups is 6. The van der Waals surface area contributed by atoms with Gasteiger partial charge in [0.05, 0.1) is 12.7 Å². The Morgan fingerprint density at radius 1 is 0.826 bits per heavy atom. The number of hydrogen-bond donors (Lipinski definition) is 6. The third-order valence-corrected chi connectivity index (χ3v) is 4.15. The second-order valence-corrected chi connectivity index (χ2v) is 5.72. The lowest BCUT2D eigenvalue weighted by Crippen LogP contribution is -2.64. The Labute approximate surface area is 132 Å². The van der Waals surface area contributed by atoms with Gasteiger partial charge in [0.15, 0.2) is 12.6 Å². The van der Waals surface area contributed by atoms with Gasteiger partial charge in [0.2, 0.25) is 0 Å². The summed E-state index contributed by atoms with van der Waals surface area (Å²) in [4.78, 5) is 0. The zero-order valence-corrected chi connectivity index (χ0v) is 12.8. The summed E-state index contributed by atoms with van der Waals surface area (Å²) in [5.41, 5.74) is 0. The highest BCUT2D eigenvalue weighted by Gasteiger charge is 2.50. The van der Waals surface area contributed by atoms with E-state index in [1.54, 1.807) is 0 Å². The number of ether oxygens (including phenoxy) is 4. The second-order valence-electron chi connectivity index (χ2n) is 5.72. The third kappa shape index (κ3) is 3.66. The van der Waals surface area contributed by atoms with Gasteiger partial charge >= 0.3 is 0 Å². The minimum absolute atomic E-state index is 0.542. The summed E-state index contributed by atoms with van der Waals surface area (Å²) in [6, 6.07) is 0. The molecule has 10 heteroatoms. The average molecular weight is 340 g/mol. The van der Waals surface area contributed by atoms with Crippen LogP contribution in [0, 0.1) is 0 Å². The maximum absolute atomic E-state index is 10.1. The van der Waals surface area contributed by atoms with Gasteiger partial charge < -0.3 is 49.6 Å². The first-order valence-corrected chi connectivity index (χ1v) is 7.32. The van der Waals surface area contributed by atoms with Crippen molar-refractivity contribution in [1.29, 1.82) is 0 Å². The van der Waals surface area contributed by atoms with E-state index < -0.39 is 68.0 Å². The summed E-state index contributed by atoms with van der Waals surface area (Å²) in [5.74, 6) is 0. The molecule has 23 heavy (non-hydrogen) atoms. The van der Waals surface area contributed by atoms with Gasteiger partial charge in [-0.2, -0.15) is 0 Å². The van der Waals surface area contributed by atoms with Gasteiger partial charge in [0.1, 0.15) is 42.7 Å². The van der Waals surface area contributed by atoms with Crippen LogP contribution in [0.15, 0.2) is 0 Å². The summed E-state index contributed by atoms with van der Waals surface area (Å²) in [5, 5.41) is 58.9. The highest BCUT2D eigenvalue weighted by Crippen LogP contribution is 2.29. The van der Waals surface area contributed by atoms with E-state index in [0.717, 1.165) is 0 Å². The Kier molecular flexibility index (Phi) is 6.30. The molecule has 2 fully saturated rings. The monoisotopic (exact) mass is 340 g/mol. The van der Waals surface area contributed by atoms with Crippen LogP contribution in [0.1, 0.15) is 6.92 Å². The van der Waals surface area contributed by atoms with E-state index in [9.17, 15) is 30.6 Å². The molecule has 0 aromatic rings. The van der Waals surface area contributed by atoms with E-state index in [1.807, 2.05) is 0 Å². The van der Waals surface area contributed by atoms with E-state index in [2.05, 4.69) is 0 Å². The number of aliphatic hydroxyl groups excluding tert-OH is 6. The van der Waals surface area contributed by atoms with Gasteiger partial charge in [-0.15, -0.1) is 0 Å². The molecule has 2 aliphatic heterocycles. The standard InChI is InChI=1S/C13H24O10/c1-4-6(15)8(17)9(18)13(21-4)23-11-7(16)5(3-14)22-12(20-2)10(11)19/h4-19H,3H2,1-2H3. The number of rotatable bonds is 4. The van der Waals surface area contributed by atoms with Crippen LogP contribution in [0.4, 0.5) is 0 Å². The van der Waals surface area contributed by atoms with Crippen LogP contribution in [0.5, 0.6) is 0 Å². The Hall–Kier alpha value is -0.400. The first kappa shape index (κ1) is 18.9. The van der Waals surface area contributed by atoms with Gasteiger partial charge in [-0.3, -0.25) is 0 Å². The molecule has 0 aliphatic carbocycles. The van der Waals surface area contributed by atoms with E-state index in [4.69, 9.17) is 18.9 Å². The van der Waals surface area contributed by atoms with Crippen LogP contribution in [-0.2, 0) is 18.9 Å². The summed E-state index contributed by atoms with van der Waals surface area (Å²) in [7, 11) is 1.27. The molecular weight excluding hydrogens is 316 g/mol. The Morgan fingerprint density at radius 2 is 1.48 bits per heavy atom. The van der Waals surface area contributed by atoms with Crippen molar-refractivity contribution >= 4 is 0 Å². The SMILES string of the molecule is COC1OC(CO)C(O)C(OC2OC(C)C(O)C(O)C2O)C1O. The molecule has 2 aliphatic rings. The van der Waals surface area contributed by atoms with Crippen molar-refractivity contribution in [2.24, 2.45) is 0 Å². The lowest BCUT2D eigenvalue weighted by atomic mass is 9.97. The summed E-state index contributed by atoms with van der Waals surface area (Å²) < 4.78 is 20.8. The van der Waals surface area contributed by atoms with Gasteiger partial charge in [0, 0.05) is 7.11 Å². The minimum atomic E-state index is -1.59. The van der Waals surface area contributed by atoms with Crippen molar-refractivity contribution in [3.8, 4) is 0 Å². The van der Waals surface area contributed by atoms with Gasteiger partial charge in [-0.25, -0.2) is 0 Å². The first-order valence-electron chi connectivity index (χ1n) is 7.32. The lowest BCUT2D eigenvalue weighted by Gasteiger charge is -2.45. The third-order valence-electron chi connectivity index (χ3n) is 4.15. The lowest BCUT2D eigenvalue weighted by molar-refractivity contribution is -0.355. The molecule has 136 valence electrons. The molecule has 0 bridgehead atoms. The van der Waals surface area contributed by atoms with Crippen LogP contribution >= 0.6 is 0 Å². The van der Waals surface area contributed by atoms with Crippen LogP contribution in [-0.4, -0.2) is 106 Å². The van der Waals surface area contributed by atoms with Crippen LogP contribution in [0.25, 0.3) is 0 Å². The van der Waals surface area contributed by atoms with E-state index in [0.29, 0.717) is 0 Å². The van der Waals surface area contributed by atoms with E-state index in [1.165, 1.54) is 14.0 Å². The van der Waals surface area contributed by atoms with Crippen molar-refractivity contribution in [1.82, 2.24) is 0 Å². The number of hydrogen-bond acceptors (Lipinski definition) is 10. The molecule has 2 rings (SSSR count). The smallest absolute Gasteiger partial charge is 0.187 e. The molecular formula is C13H24O10. The zero-order chi connectivity index (χ0) is 17.3. The molecule has 0 spiro atoms. The fourth-order valence-corrected chi connectivity index (χ4v) is 2.69. The van der Waals surface area contributed by atoms with Crippen molar-refractivity contribution < 1.29 is 49.6 Å². The molecule has 0 saturated carbocycles. The van der Waals surface area contributed by atoms with E-state index >= 15 is 0 Å². The summed E-state index contributed by atoms with van der Waals surface area (Å²) in [6.45, 7) is 0.931. The minimum Gasteiger partial charge on any atom is -0.394 e. The molecule has 0 aromatic carbocycles. The summed E-state index contributed by atoms with van der Waals surface area (Å²) in [6.07, 6.45) is -13.0. The normalized spacial score (nSPS) is 51.7. The van der Waals surface area contributed by atoms with Crippen molar-refractivity contribution in [3.05, 3.63) is 0 Å². The van der Waals surface area contributed by atoms with Gasteiger partial charge in [-0.05, 0) is 6.92 Å². The molecule has 10 atom stereocenters. The Bertz CT molecular complexity index is 366. The highest BCUT2D eigenvalue weighted by atomic mass is 16.7. The second kappa shape index (κ2) is 7.66. The molecule has 6 N–H and O–H groups in total. The Balaban J connectivity index is 2.12. The zero-order valence-electron chi connectivity index (χ0n) is 12.8. The first-order chi connectivity index (χ1) is 10.8. The molecule has 2 heterocycles. The Morgan fingerprint density at radius 3 is 2.04 bits per heavy atom. The molecule has 10 unspecified atom stereocenters. The van der Waals surface area contributed by atoms with Crippen molar-refractivity contribution in [2.75, 3.05) is 13.7 Å².